The van der Waals surface area contributed by atoms with Gasteiger partial charge in [-0.1, -0.05) is 36.9 Å². The van der Waals surface area contributed by atoms with Crippen molar-refractivity contribution in [1.29, 1.82) is 0 Å². The van der Waals surface area contributed by atoms with Crippen molar-refractivity contribution in [2.75, 3.05) is 7.11 Å². The van der Waals surface area contributed by atoms with E-state index in [9.17, 15) is 18.3 Å². The number of rotatable bonds is 7. The number of benzene rings is 2. The topological polar surface area (TPSA) is 92.7 Å². The monoisotopic (exact) mass is 361 g/mol. The lowest BCUT2D eigenvalue weighted by Crippen LogP contribution is -2.42. The van der Waals surface area contributed by atoms with Crippen molar-refractivity contribution in [2.24, 2.45) is 0 Å². The Balaban J connectivity index is 2.23. The second kappa shape index (κ2) is 7.96. The SMILES string of the molecule is C=Cc1ccc(S(=O)(=O)NC(Cc2ccc(O)cc2)C(=O)OC)cc1. The van der Waals surface area contributed by atoms with Gasteiger partial charge in [0.05, 0.1) is 12.0 Å². The zero-order valence-corrected chi connectivity index (χ0v) is 14.5. The van der Waals surface area contributed by atoms with Crippen LogP contribution in [0.5, 0.6) is 5.75 Å². The number of carbonyl (C=O) groups excluding carboxylic acids is 1. The number of phenolic OH excluding ortho intramolecular Hbond substituents is 1. The summed E-state index contributed by atoms with van der Waals surface area (Å²) in [7, 11) is -2.71. The van der Waals surface area contributed by atoms with Crippen LogP contribution in [0.2, 0.25) is 0 Å². The van der Waals surface area contributed by atoms with Crippen LogP contribution in [0.25, 0.3) is 6.08 Å². The first-order valence-corrected chi connectivity index (χ1v) is 8.94. The van der Waals surface area contributed by atoms with E-state index >= 15 is 0 Å². The van der Waals surface area contributed by atoms with E-state index in [1.165, 1.54) is 31.4 Å². The number of sulfonamides is 1. The molecule has 0 fully saturated rings. The van der Waals surface area contributed by atoms with Crippen molar-refractivity contribution in [3.8, 4) is 5.75 Å². The molecule has 0 aromatic heterocycles. The van der Waals surface area contributed by atoms with Gasteiger partial charge in [-0.25, -0.2) is 8.42 Å². The molecule has 1 atom stereocenters. The Morgan fingerprint density at radius 2 is 1.80 bits per heavy atom. The molecule has 132 valence electrons. The van der Waals surface area contributed by atoms with Gasteiger partial charge in [0, 0.05) is 0 Å². The van der Waals surface area contributed by atoms with E-state index in [0.717, 1.165) is 5.56 Å². The Bertz CT molecular complexity index is 842. The van der Waals surface area contributed by atoms with Gasteiger partial charge < -0.3 is 9.84 Å². The first-order chi connectivity index (χ1) is 11.9. The number of esters is 1. The third-order valence-electron chi connectivity index (χ3n) is 3.59. The van der Waals surface area contributed by atoms with Crippen LogP contribution < -0.4 is 4.72 Å². The van der Waals surface area contributed by atoms with E-state index in [1.807, 2.05) is 0 Å². The van der Waals surface area contributed by atoms with Crippen molar-refractivity contribution < 1.29 is 23.1 Å². The molecule has 0 saturated heterocycles. The molecule has 25 heavy (non-hydrogen) atoms. The lowest BCUT2D eigenvalue weighted by molar-refractivity contribution is -0.142. The summed E-state index contributed by atoms with van der Waals surface area (Å²) in [5, 5.41) is 9.31. The summed E-state index contributed by atoms with van der Waals surface area (Å²) in [4.78, 5) is 12.0. The molecule has 0 aliphatic carbocycles. The maximum atomic E-state index is 12.5. The van der Waals surface area contributed by atoms with Gasteiger partial charge in [-0.3, -0.25) is 4.79 Å². The average Bonchev–Trinajstić information content (AvgIpc) is 2.62. The molecule has 1 unspecified atom stereocenters. The molecule has 0 spiro atoms. The number of methoxy groups -OCH3 is 1. The molecule has 6 nitrogen and oxygen atoms in total. The van der Waals surface area contributed by atoms with Crippen LogP contribution in [-0.4, -0.2) is 32.6 Å². The Kier molecular flexibility index (Phi) is 5.95. The van der Waals surface area contributed by atoms with E-state index < -0.39 is 22.0 Å². The van der Waals surface area contributed by atoms with Crippen LogP contribution in [0.4, 0.5) is 0 Å². The van der Waals surface area contributed by atoms with Crippen LogP contribution in [0.3, 0.4) is 0 Å². The van der Waals surface area contributed by atoms with E-state index in [-0.39, 0.29) is 17.1 Å². The summed E-state index contributed by atoms with van der Waals surface area (Å²) in [5.41, 5.74) is 1.46. The molecule has 2 N–H and O–H groups in total. The molecular weight excluding hydrogens is 342 g/mol. The number of hydrogen-bond acceptors (Lipinski definition) is 5. The number of nitrogens with one attached hydrogen (secondary N) is 1. The van der Waals surface area contributed by atoms with Crippen LogP contribution >= 0.6 is 0 Å². The minimum Gasteiger partial charge on any atom is -0.508 e. The molecular formula is C18H19NO5S. The highest BCUT2D eigenvalue weighted by Crippen LogP contribution is 2.15. The van der Waals surface area contributed by atoms with Crippen molar-refractivity contribution in [3.63, 3.8) is 0 Å². The smallest absolute Gasteiger partial charge is 0.324 e. The lowest BCUT2D eigenvalue weighted by atomic mass is 10.1. The minimum absolute atomic E-state index is 0.0395. The molecule has 0 radical (unpaired) electrons. The molecule has 7 heteroatoms. The largest absolute Gasteiger partial charge is 0.508 e. The molecule has 0 saturated carbocycles. The van der Waals surface area contributed by atoms with E-state index in [4.69, 9.17) is 4.74 Å². The van der Waals surface area contributed by atoms with Gasteiger partial charge in [0.25, 0.3) is 0 Å². The normalized spacial score (nSPS) is 12.4. The molecule has 2 aromatic rings. The molecule has 2 rings (SSSR count). The van der Waals surface area contributed by atoms with Gasteiger partial charge in [0.2, 0.25) is 10.0 Å². The second-order valence-corrected chi connectivity index (χ2v) is 7.05. The van der Waals surface area contributed by atoms with Crippen molar-refractivity contribution in [2.45, 2.75) is 17.4 Å². The van der Waals surface area contributed by atoms with Crippen LogP contribution in [0.15, 0.2) is 60.0 Å². The summed E-state index contributed by atoms with van der Waals surface area (Å²) in [6.45, 7) is 3.61. The lowest BCUT2D eigenvalue weighted by Gasteiger charge is -2.17. The molecule has 0 heterocycles. The van der Waals surface area contributed by atoms with Crippen molar-refractivity contribution in [1.82, 2.24) is 4.72 Å². The third-order valence-corrected chi connectivity index (χ3v) is 5.07. The fourth-order valence-electron chi connectivity index (χ4n) is 2.22. The highest BCUT2D eigenvalue weighted by molar-refractivity contribution is 7.89. The fourth-order valence-corrected chi connectivity index (χ4v) is 3.41. The predicted molar refractivity (Wildman–Crippen MR) is 94.5 cm³/mol. The standard InChI is InChI=1S/C18H19NO5S/c1-3-13-6-10-16(11-7-13)25(22,23)19-17(18(21)24-2)12-14-4-8-15(20)9-5-14/h3-11,17,19-20H,1,12H2,2H3. The summed E-state index contributed by atoms with van der Waals surface area (Å²) in [6.07, 6.45) is 1.70. The highest BCUT2D eigenvalue weighted by atomic mass is 32.2. The molecule has 0 bridgehead atoms. The Labute approximate surface area is 146 Å². The summed E-state index contributed by atoms with van der Waals surface area (Å²) in [6, 6.07) is 11.2. The third kappa shape index (κ3) is 4.91. The average molecular weight is 361 g/mol. The molecule has 2 aromatic carbocycles. The zero-order chi connectivity index (χ0) is 18.4. The number of aromatic hydroxyl groups is 1. The van der Waals surface area contributed by atoms with Gasteiger partial charge >= 0.3 is 5.97 Å². The first kappa shape index (κ1) is 18.7. The second-order valence-electron chi connectivity index (χ2n) is 5.34. The van der Waals surface area contributed by atoms with E-state index in [1.54, 1.807) is 30.3 Å². The van der Waals surface area contributed by atoms with Crippen LogP contribution in [0, 0.1) is 0 Å². The predicted octanol–water partition coefficient (Wildman–Crippen LogP) is 2.10. The Morgan fingerprint density at radius 1 is 1.20 bits per heavy atom. The number of hydrogen-bond donors (Lipinski definition) is 2. The van der Waals surface area contributed by atoms with Crippen molar-refractivity contribution >= 4 is 22.1 Å². The first-order valence-electron chi connectivity index (χ1n) is 7.46. The van der Waals surface area contributed by atoms with Crippen molar-refractivity contribution in [3.05, 3.63) is 66.2 Å². The van der Waals surface area contributed by atoms with Gasteiger partial charge in [-0.2, -0.15) is 4.72 Å². The molecule has 0 aliphatic rings. The van der Waals surface area contributed by atoms with Crippen LogP contribution in [0.1, 0.15) is 11.1 Å². The highest BCUT2D eigenvalue weighted by Gasteiger charge is 2.26. The summed E-state index contributed by atoms with van der Waals surface area (Å²) >= 11 is 0. The zero-order valence-electron chi connectivity index (χ0n) is 13.7. The Morgan fingerprint density at radius 3 is 2.32 bits per heavy atom. The minimum atomic E-state index is -3.90. The quantitative estimate of drug-likeness (QED) is 0.737. The maximum Gasteiger partial charge on any atom is 0.324 e. The molecule has 0 amide bonds. The van der Waals surface area contributed by atoms with E-state index in [0.29, 0.717) is 5.56 Å². The summed E-state index contributed by atoms with van der Waals surface area (Å²) in [5.74, 6) is -0.611. The molecule has 0 aliphatic heterocycles. The van der Waals surface area contributed by atoms with Gasteiger partial charge in [0.1, 0.15) is 11.8 Å². The number of phenols is 1. The van der Waals surface area contributed by atoms with Crippen LogP contribution in [-0.2, 0) is 26.0 Å². The number of ether oxygens (including phenoxy) is 1. The maximum absolute atomic E-state index is 12.5. The van der Waals surface area contributed by atoms with Gasteiger partial charge in [0.15, 0.2) is 0 Å². The Hall–Kier alpha value is -2.64. The van der Waals surface area contributed by atoms with Gasteiger partial charge in [-0.15, -0.1) is 0 Å². The van der Waals surface area contributed by atoms with E-state index in [2.05, 4.69) is 11.3 Å². The fraction of sp³-hybridized carbons (Fsp3) is 0.167. The van der Waals surface area contributed by atoms with Gasteiger partial charge in [-0.05, 0) is 41.8 Å². The number of carbonyl (C=O) groups is 1. The summed E-state index contributed by atoms with van der Waals surface area (Å²) < 4.78 is 32.1.